The van der Waals surface area contributed by atoms with Crippen LogP contribution in [0.3, 0.4) is 0 Å². The average Bonchev–Trinajstić information content (AvgIpc) is 2.70. The zero-order valence-corrected chi connectivity index (χ0v) is 11.7. The monoisotopic (exact) mass is 303 g/mol. The number of rotatable bonds is 3. The van der Waals surface area contributed by atoms with Crippen molar-refractivity contribution in [2.75, 3.05) is 5.32 Å². The van der Waals surface area contributed by atoms with Crippen LogP contribution in [0.5, 0.6) is 0 Å². The highest BCUT2D eigenvalue weighted by molar-refractivity contribution is 6.31. The number of benzene rings is 1. The summed E-state index contributed by atoms with van der Waals surface area (Å²) in [5.41, 5.74) is 0.219. The summed E-state index contributed by atoms with van der Waals surface area (Å²) < 4.78 is 40.2. The van der Waals surface area contributed by atoms with Gasteiger partial charge in [-0.1, -0.05) is 11.6 Å². The van der Waals surface area contributed by atoms with Gasteiger partial charge in [-0.05, 0) is 32.0 Å². The van der Waals surface area contributed by atoms with Crippen molar-refractivity contribution in [2.24, 2.45) is 0 Å². The molecule has 0 aliphatic carbocycles. The number of imidazole rings is 1. The summed E-state index contributed by atoms with van der Waals surface area (Å²) in [5.74, 6) is 0.500. The molecule has 2 aromatic rings. The average molecular weight is 304 g/mol. The van der Waals surface area contributed by atoms with Gasteiger partial charge in [0.05, 0.1) is 16.3 Å². The highest BCUT2D eigenvalue weighted by atomic mass is 35.5. The molecule has 0 bridgehead atoms. The van der Waals surface area contributed by atoms with E-state index in [1.165, 1.54) is 12.1 Å². The molecule has 0 unspecified atom stereocenters. The molecular weight excluding hydrogens is 291 g/mol. The van der Waals surface area contributed by atoms with Crippen molar-refractivity contribution in [1.82, 2.24) is 9.55 Å². The van der Waals surface area contributed by atoms with Gasteiger partial charge in [-0.2, -0.15) is 13.2 Å². The van der Waals surface area contributed by atoms with Gasteiger partial charge in [0.25, 0.3) is 0 Å². The Hall–Kier alpha value is -1.69. The number of nitrogens with one attached hydrogen (secondary N) is 1. The second-order valence-electron chi connectivity index (χ2n) is 4.31. The number of nitrogens with zero attached hydrogens (tertiary/aromatic N) is 2. The molecular formula is C13H13ClF3N3. The van der Waals surface area contributed by atoms with Crippen LogP contribution in [-0.4, -0.2) is 9.55 Å². The van der Waals surface area contributed by atoms with Crippen molar-refractivity contribution >= 4 is 23.2 Å². The van der Waals surface area contributed by atoms with Crippen LogP contribution in [0.25, 0.3) is 0 Å². The molecule has 1 heterocycles. The van der Waals surface area contributed by atoms with Crippen molar-refractivity contribution in [3.8, 4) is 0 Å². The fraction of sp³-hybridized carbons (Fsp3) is 0.308. The minimum Gasteiger partial charge on any atom is -0.326 e. The standard InChI is InChI=1S/C13H13ClF3N3/c1-3-20-7-8(2)18-12(20)19-9-4-5-11(14)10(6-9)13(15,16)17/h4-7H,3H2,1-2H3,(H,18,19). The number of halogens is 4. The SMILES string of the molecule is CCn1cc(C)nc1Nc1ccc(Cl)c(C(F)(F)F)c1. The Kier molecular flexibility index (Phi) is 3.94. The van der Waals surface area contributed by atoms with Crippen molar-refractivity contribution in [2.45, 2.75) is 26.6 Å². The van der Waals surface area contributed by atoms with Gasteiger partial charge in [-0.25, -0.2) is 4.98 Å². The lowest BCUT2D eigenvalue weighted by Gasteiger charge is -2.12. The zero-order chi connectivity index (χ0) is 14.9. The summed E-state index contributed by atoms with van der Waals surface area (Å²) in [6, 6.07) is 3.69. The van der Waals surface area contributed by atoms with E-state index in [2.05, 4.69) is 10.3 Å². The number of anilines is 2. The number of hydrogen-bond acceptors (Lipinski definition) is 2. The second-order valence-corrected chi connectivity index (χ2v) is 4.72. The summed E-state index contributed by atoms with van der Waals surface area (Å²) in [6.45, 7) is 4.42. The third-order valence-electron chi connectivity index (χ3n) is 2.77. The minimum atomic E-state index is -4.48. The third kappa shape index (κ3) is 3.07. The van der Waals surface area contributed by atoms with Crippen molar-refractivity contribution < 1.29 is 13.2 Å². The second kappa shape index (κ2) is 5.36. The summed E-state index contributed by atoms with van der Waals surface area (Å²) in [6.07, 6.45) is -2.66. The van der Waals surface area contributed by atoms with Gasteiger partial charge in [0.2, 0.25) is 5.95 Å². The molecule has 108 valence electrons. The molecule has 0 saturated carbocycles. The summed E-state index contributed by atoms with van der Waals surface area (Å²) in [7, 11) is 0. The molecule has 3 nitrogen and oxygen atoms in total. The van der Waals surface area contributed by atoms with Crippen molar-refractivity contribution in [3.05, 3.63) is 40.7 Å². The molecule has 0 amide bonds. The number of aryl methyl sites for hydroxylation is 2. The Morgan fingerprint density at radius 3 is 2.65 bits per heavy atom. The molecule has 0 fully saturated rings. The highest BCUT2D eigenvalue weighted by Crippen LogP contribution is 2.36. The van der Waals surface area contributed by atoms with Crippen LogP contribution in [0, 0.1) is 6.92 Å². The fourth-order valence-corrected chi connectivity index (χ4v) is 2.06. The van der Waals surface area contributed by atoms with E-state index in [1.54, 1.807) is 0 Å². The van der Waals surface area contributed by atoms with Gasteiger partial charge in [-0.15, -0.1) is 0 Å². The molecule has 1 aromatic carbocycles. The Morgan fingerprint density at radius 1 is 1.35 bits per heavy atom. The molecule has 2 rings (SSSR count). The van der Waals surface area contributed by atoms with Crippen LogP contribution >= 0.6 is 11.6 Å². The minimum absolute atomic E-state index is 0.294. The van der Waals surface area contributed by atoms with E-state index >= 15 is 0 Å². The van der Waals surface area contributed by atoms with E-state index in [1.807, 2.05) is 24.6 Å². The molecule has 0 aliphatic heterocycles. The van der Waals surface area contributed by atoms with E-state index in [0.29, 0.717) is 18.2 Å². The van der Waals surface area contributed by atoms with Gasteiger partial charge >= 0.3 is 6.18 Å². The quantitative estimate of drug-likeness (QED) is 0.896. The van der Waals surface area contributed by atoms with E-state index in [0.717, 1.165) is 11.8 Å². The molecule has 7 heteroatoms. The third-order valence-corrected chi connectivity index (χ3v) is 3.10. The molecule has 0 spiro atoms. The lowest BCUT2D eigenvalue weighted by atomic mass is 10.2. The zero-order valence-electron chi connectivity index (χ0n) is 10.9. The maximum absolute atomic E-state index is 12.8. The Labute approximate surface area is 119 Å². The topological polar surface area (TPSA) is 29.9 Å². The first-order chi connectivity index (χ1) is 9.31. The summed E-state index contributed by atoms with van der Waals surface area (Å²) >= 11 is 5.58. The lowest BCUT2D eigenvalue weighted by molar-refractivity contribution is -0.137. The summed E-state index contributed by atoms with van der Waals surface area (Å²) in [5, 5.41) is 2.56. The highest BCUT2D eigenvalue weighted by Gasteiger charge is 2.33. The Balaban J connectivity index is 2.35. The van der Waals surface area contributed by atoms with Crippen LogP contribution in [0.2, 0.25) is 5.02 Å². The number of hydrogen-bond donors (Lipinski definition) is 1. The van der Waals surface area contributed by atoms with E-state index < -0.39 is 11.7 Å². The van der Waals surface area contributed by atoms with Gasteiger partial charge < -0.3 is 9.88 Å². The Morgan fingerprint density at radius 2 is 2.05 bits per heavy atom. The van der Waals surface area contributed by atoms with Crippen LogP contribution in [0.1, 0.15) is 18.2 Å². The maximum Gasteiger partial charge on any atom is 0.417 e. The Bertz CT molecular complexity index is 620. The van der Waals surface area contributed by atoms with Crippen LogP contribution in [0.4, 0.5) is 24.8 Å². The van der Waals surface area contributed by atoms with Gasteiger partial charge in [0.1, 0.15) is 0 Å². The normalized spacial score (nSPS) is 11.7. The van der Waals surface area contributed by atoms with Crippen molar-refractivity contribution in [1.29, 1.82) is 0 Å². The molecule has 1 N–H and O–H groups in total. The maximum atomic E-state index is 12.8. The number of aromatic nitrogens is 2. The van der Waals surface area contributed by atoms with E-state index in [9.17, 15) is 13.2 Å². The summed E-state index contributed by atoms with van der Waals surface area (Å²) in [4.78, 5) is 4.23. The fourth-order valence-electron chi connectivity index (χ4n) is 1.84. The molecule has 0 atom stereocenters. The molecule has 0 aliphatic rings. The first kappa shape index (κ1) is 14.7. The predicted octanol–water partition coefficient (Wildman–Crippen LogP) is 4.63. The number of alkyl halides is 3. The van der Waals surface area contributed by atoms with Gasteiger partial charge in [0.15, 0.2) is 0 Å². The molecule has 0 saturated heterocycles. The van der Waals surface area contributed by atoms with Gasteiger partial charge in [-0.3, -0.25) is 0 Å². The largest absolute Gasteiger partial charge is 0.417 e. The van der Waals surface area contributed by atoms with E-state index in [4.69, 9.17) is 11.6 Å². The van der Waals surface area contributed by atoms with Crippen LogP contribution in [0.15, 0.2) is 24.4 Å². The van der Waals surface area contributed by atoms with E-state index in [-0.39, 0.29) is 5.02 Å². The first-order valence-corrected chi connectivity index (χ1v) is 6.36. The molecule has 20 heavy (non-hydrogen) atoms. The molecule has 0 radical (unpaired) electrons. The smallest absolute Gasteiger partial charge is 0.326 e. The molecule has 1 aromatic heterocycles. The van der Waals surface area contributed by atoms with Gasteiger partial charge in [0, 0.05) is 18.4 Å². The van der Waals surface area contributed by atoms with Crippen LogP contribution < -0.4 is 5.32 Å². The lowest BCUT2D eigenvalue weighted by Crippen LogP contribution is -2.07. The van der Waals surface area contributed by atoms with Crippen molar-refractivity contribution in [3.63, 3.8) is 0 Å². The predicted molar refractivity (Wildman–Crippen MR) is 72.4 cm³/mol. The first-order valence-electron chi connectivity index (χ1n) is 5.98. The van der Waals surface area contributed by atoms with Crippen LogP contribution in [-0.2, 0) is 12.7 Å².